The van der Waals surface area contributed by atoms with Crippen LogP contribution in [0.2, 0.25) is 0 Å². The standard InChI is InChI=1S/C20H18FN3O2/c1-3-24-10-15-17(20(24)25)18(22)14-6-4-5-13(19(14)23-15)12-8-7-11(21)9-16(12)26-2/h4-9H,3,10H2,1-2H3,(H2,22,23). The van der Waals surface area contributed by atoms with E-state index in [-0.39, 0.29) is 11.7 Å². The Morgan fingerprint density at radius 1 is 1.27 bits per heavy atom. The first-order valence-electron chi connectivity index (χ1n) is 8.39. The lowest BCUT2D eigenvalue weighted by molar-refractivity contribution is 0.0787. The van der Waals surface area contributed by atoms with Crippen molar-refractivity contribution in [1.29, 1.82) is 0 Å². The Morgan fingerprint density at radius 3 is 2.81 bits per heavy atom. The van der Waals surface area contributed by atoms with Crippen molar-refractivity contribution in [2.75, 3.05) is 19.4 Å². The maximum atomic E-state index is 13.6. The number of hydrogen-bond acceptors (Lipinski definition) is 4. The van der Waals surface area contributed by atoms with Crippen LogP contribution in [0.4, 0.5) is 10.1 Å². The average molecular weight is 351 g/mol. The zero-order valence-corrected chi connectivity index (χ0v) is 14.5. The highest BCUT2D eigenvalue weighted by molar-refractivity contribution is 6.11. The number of para-hydroxylation sites is 1. The molecule has 26 heavy (non-hydrogen) atoms. The molecular weight excluding hydrogens is 333 g/mol. The van der Waals surface area contributed by atoms with Crippen molar-refractivity contribution < 1.29 is 13.9 Å². The van der Waals surface area contributed by atoms with Gasteiger partial charge in [-0.05, 0) is 19.1 Å². The second-order valence-corrected chi connectivity index (χ2v) is 6.21. The SMILES string of the molecule is CCN1Cc2nc3c(-c4ccc(F)cc4OC)cccc3c(N)c2C1=O. The molecule has 2 aromatic carbocycles. The molecule has 0 aliphatic carbocycles. The Balaban J connectivity index is 2.00. The van der Waals surface area contributed by atoms with Crippen molar-refractivity contribution in [3.8, 4) is 16.9 Å². The van der Waals surface area contributed by atoms with Gasteiger partial charge in [0.25, 0.3) is 5.91 Å². The van der Waals surface area contributed by atoms with E-state index in [1.165, 1.54) is 19.2 Å². The molecule has 3 aromatic rings. The van der Waals surface area contributed by atoms with Crippen LogP contribution in [0.1, 0.15) is 23.0 Å². The van der Waals surface area contributed by atoms with E-state index in [1.54, 1.807) is 11.0 Å². The van der Waals surface area contributed by atoms with Gasteiger partial charge in [0.1, 0.15) is 11.6 Å². The molecule has 1 aliphatic rings. The second-order valence-electron chi connectivity index (χ2n) is 6.21. The number of aromatic nitrogens is 1. The molecule has 0 unspecified atom stereocenters. The first-order valence-corrected chi connectivity index (χ1v) is 8.39. The summed E-state index contributed by atoms with van der Waals surface area (Å²) in [7, 11) is 1.50. The number of halogens is 1. The molecule has 0 bridgehead atoms. The summed E-state index contributed by atoms with van der Waals surface area (Å²) >= 11 is 0. The summed E-state index contributed by atoms with van der Waals surface area (Å²) in [6, 6.07) is 9.98. The normalized spacial score (nSPS) is 13.3. The lowest BCUT2D eigenvalue weighted by Gasteiger charge is -2.13. The molecule has 1 amide bonds. The van der Waals surface area contributed by atoms with Crippen LogP contribution in [0.15, 0.2) is 36.4 Å². The third-order valence-electron chi connectivity index (χ3n) is 4.81. The van der Waals surface area contributed by atoms with Gasteiger partial charge in [0.15, 0.2) is 0 Å². The number of fused-ring (bicyclic) bond motifs is 2. The number of benzene rings is 2. The van der Waals surface area contributed by atoms with Gasteiger partial charge in [0.2, 0.25) is 0 Å². The van der Waals surface area contributed by atoms with Crippen LogP contribution < -0.4 is 10.5 Å². The van der Waals surface area contributed by atoms with Crippen LogP contribution in [0.25, 0.3) is 22.0 Å². The Morgan fingerprint density at radius 2 is 2.08 bits per heavy atom. The molecule has 0 spiro atoms. The highest BCUT2D eigenvalue weighted by atomic mass is 19.1. The van der Waals surface area contributed by atoms with Crippen molar-refractivity contribution in [2.45, 2.75) is 13.5 Å². The second kappa shape index (κ2) is 5.98. The minimum atomic E-state index is -0.372. The summed E-state index contributed by atoms with van der Waals surface area (Å²) < 4.78 is 18.9. The zero-order chi connectivity index (χ0) is 18.4. The summed E-state index contributed by atoms with van der Waals surface area (Å²) in [6.07, 6.45) is 0. The van der Waals surface area contributed by atoms with Crippen LogP contribution in [0.3, 0.4) is 0 Å². The summed E-state index contributed by atoms with van der Waals surface area (Å²) in [5, 5.41) is 0.707. The van der Waals surface area contributed by atoms with E-state index in [0.717, 1.165) is 11.1 Å². The minimum absolute atomic E-state index is 0.0841. The predicted molar refractivity (Wildman–Crippen MR) is 98.5 cm³/mol. The van der Waals surface area contributed by atoms with E-state index >= 15 is 0 Å². The smallest absolute Gasteiger partial charge is 0.258 e. The lowest BCUT2D eigenvalue weighted by Crippen LogP contribution is -2.23. The van der Waals surface area contributed by atoms with Gasteiger partial charge in [0.05, 0.1) is 36.1 Å². The van der Waals surface area contributed by atoms with Gasteiger partial charge in [-0.1, -0.05) is 18.2 Å². The zero-order valence-electron chi connectivity index (χ0n) is 14.5. The van der Waals surface area contributed by atoms with Crippen molar-refractivity contribution in [2.24, 2.45) is 0 Å². The summed E-state index contributed by atoms with van der Waals surface area (Å²) in [6.45, 7) is 2.97. The fourth-order valence-electron chi connectivity index (χ4n) is 3.49. The number of pyridine rings is 1. The van der Waals surface area contributed by atoms with E-state index in [0.29, 0.717) is 46.7 Å². The highest BCUT2D eigenvalue weighted by Gasteiger charge is 2.31. The van der Waals surface area contributed by atoms with Crippen LogP contribution >= 0.6 is 0 Å². The topological polar surface area (TPSA) is 68.5 Å². The largest absolute Gasteiger partial charge is 0.496 e. The first-order chi connectivity index (χ1) is 12.5. The van der Waals surface area contributed by atoms with Crippen molar-refractivity contribution in [1.82, 2.24) is 9.88 Å². The fourth-order valence-corrected chi connectivity index (χ4v) is 3.49. The van der Waals surface area contributed by atoms with Crippen molar-refractivity contribution in [3.63, 3.8) is 0 Å². The number of anilines is 1. The van der Waals surface area contributed by atoms with Crippen LogP contribution in [0, 0.1) is 5.82 Å². The number of methoxy groups -OCH3 is 1. The summed E-state index contributed by atoms with van der Waals surface area (Å²) in [4.78, 5) is 19.0. The van der Waals surface area contributed by atoms with Crippen LogP contribution in [-0.2, 0) is 6.54 Å². The quantitative estimate of drug-likeness (QED) is 0.783. The number of nitrogens with two attached hydrogens (primary N) is 1. The molecule has 5 nitrogen and oxygen atoms in total. The van der Waals surface area contributed by atoms with Gasteiger partial charge in [-0.2, -0.15) is 0 Å². The number of hydrogen-bond donors (Lipinski definition) is 1. The molecule has 1 aromatic heterocycles. The first kappa shape index (κ1) is 16.3. The van der Waals surface area contributed by atoms with E-state index in [9.17, 15) is 9.18 Å². The maximum absolute atomic E-state index is 13.6. The Kier molecular flexibility index (Phi) is 3.76. The van der Waals surface area contributed by atoms with Crippen molar-refractivity contribution in [3.05, 3.63) is 53.5 Å². The molecule has 2 N–H and O–H groups in total. The molecular formula is C20H18FN3O2. The molecule has 4 rings (SSSR count). The Bertz CT molecular complexity index is 1050. The number of carbonyl (C=O) groups excluding carboxylic acids is 1. The van der Waals surface area contributed by atoms with Gasteiger partial charge in [-0.3, -0.25) is 4.79 Å². The molecule has 0 atom stereocenters. The molecule has 132 valence electrons. The summed E-state index contributed by atoms with van der Waals surface area (Å²) in [5.41, 5.74) is 10.1. The maximum Gasteiger partial charge on any atom is 0.258 e. The number of nitrogens with zero attached hydrogens (tertiary/aromatic N) is 2. The van der Waals surface area contributed by atoms with Gasteiger partial charge in [-0.15, -0.1) is 0 Å². The third kappa shape index (κ3) is 2.29. The van der Waals surface area contributed by atoms with Crippen LogP contribution in [-0.4, -0.2) is 29.4 Å². The van der Waals surface area contributed by atoms with E-state index < -0.39 is 0 Å². The molecule has 2 heterocycles. The lowest BCUT2D eigenvalue weighted by atomic mass is 9.98. The average Bonchev–Trinajstić information content (AvgIpc) is 2.97. The Labute approximate surface area is 150 Å². The molecule has 1 aliphatic heterocycles. The Hall–Kier alpha value is -3.15. The fraction of sp³-hybridized carbons (Fsp3) is 0.200. The number of ether oxygens (including phenoxy) is 1. The molecule has 0 radical (unpaired) electrons. The highest BCUT2D eigenvalue weighted by Crippen LogP contribution is 2.39. The van der Waals surface area contributed by atoms with Crippen molar-refractivity contribution >= 4 is 22.5 Å². The molecule has 0 saturated heterocycles. The number of amides is 1. The predicted octanol–water partition coefficient (Wildman–Crippen LogP) is 3.61. The van der Waals surface area contributed by atoms with Gasteiger partial charge < -0.3 is 15.4 Å². The molecule has 0 fully saturated rings. The van der Waals surface area contributed by atoms with E-state index in [2.05, 4.69) is 0 Å². The van der Waals surface area contributed by atoms with Gasteiger partial charge >= 0.3 is 0 Å². The third-order valence-corrected chi connectivity index (χ3v) is 4.81. The minimum Gasteiger partial charge on any atom is -0.496 e. The van der Waals surface area contributed by atoms with E-state index in [4.69, 9.17) is 15.5 Å². The summed E-state index contributed by atoms with van der Waals surface area (Å²) in [5.74, 6) is -0.0350. The van der Waals surface area contributed by atoms with E-state index in [1.807, 2.05) is 25.1 Å². The van der Waals surface area contributed by atoms with Gasteiger partial charge in [-0.25, -0.2) is 9.37 Å². The monoisotopic (exact) mass is 351 g/mol. The molecule has 6 heteroatoms. The van der Waals surface area contributed by atoms with Gasteiger partial charge in [0, 0.05) is 29.1 Å². The number of rotatable bonds is 3. The molecule has 0 saturated carbocycles. The van der Waals surface area contributed by atoms with Crippen LogP contribution in [0.5, 0.6) is 5.75 Å². The number of nitrogen functional groups attached to an aromatic ring is 1. The number of carbonyl (C=O) groups is 1.